The molecular weight excluding hydrogens is 324 g/mol. The van der Waals surface area contributed by atoms with Crippen molar-refractivity contribution in [1.29, 1.82) is 0 Å². The van der Waals surface area contributed by atoms with Crippen LogP contribution in [0.4, 0.5) is 5.69 Å². The van der Waals surface area contributed by atoms with Crippen molar-refractivity contribution >= 4 is 21.6 Å². The van der Waals surface area contributed by atoms with Crippen molar-refractivity contribution in [2.24, 2.45) is 5.92 Å². The number of nitrogens with zero attached hydrogens (tertiary/aromatic N) is 1. The molecule has 0 aliphatic carbocycles. The summed E-state index contributed by atoms with van der Waals surface area (Å²) in [7, 11) is 0. The van der Waals surface area contributed by atoms with E-state index in [0.29, 0.717) is 18.0 Å². The van der Waals surface area contributed by atoms with E-state index in [0.717, 1.165) is 6.54 Å². The van der Waals surface area contributed by atoms with Gasteiger partial charge < -0.3 is 10.2 Å². The number of benzene rings is 1. The summed E-state index contributed by atoms with van der Waals surface area (Å²) in [5.41, 5.74) is 2.84. The van der Waals surface area contributed by atoms with E-state index < -0.39 is 0 Å². The Labute approximate surface area is 138 Å². The van der Waals surface area contributed by atoms with Crippen LogP contribution in [0, 0.1) is 5.92 Å². The molecule has 3 heteroatoms. The number of anilines is 1. The zero-order chi connectivity index (χ0) is 15.4. The van der Waals surface area contributed by atoms with E-state index in [2.05, 4.69) is 72.0 Å². The van der Waals surface area contributed by atoms with Crippen molar-refractivity contribution in [3.63, 3.8) is 0 Å². The fourth-order valence-electron chi connectivity index (χ4n) is 3.39. The monoisotopic (exact) mass is 352 g/mol. The quantitative estimate of drug-likeness (QED) is 0.762. The van der Waals surface area contributed by atoms with Gasteiger partial charge in [-0.05, 0) is 62.4 Å². The zero-order valence-electron chi connectivity index (χ0n) is 13.8. The standard InChI is InChI=1S/C18H29BrN2/c1-5-10-20-14(4)16-12-15(19)8-9-18(16)21-11-6-7-17(21)13(2)3/h8-9,12-14,17,20H,5-7,10-11H2,1-4H3. The van der Waals surface area contributed by atoms with Crippen molar-refractivity contribution in [2.45, 2.75) is 59.0 Å². The number of halogens is 1. The van der Waals surface area contributed by atoms with Gasteiger partial charge in [-0.3, -0.25) is 0 Å². The molecule has 2 rings (SSSR count). The number of hydrogen-bond acceptors (Lipinski definition) is 2. The Bertz CT molecular complexity index is 459. The highest BCUT2D eigenvalue weighted by atomic mass is 79.9. The van der Waals surface area contributed by atoms with E-state index in [1.807, 2.05) is 0 Å². The maximum Gasteiger partial charge on any atom is 0.0417 e. The molecule has 0 bridgehead atoms. The molecule has 1 aromatic carbocycles. The SMILES string of the molecule is CCCNC(C)c1cc(Br)ccc1N1CCCC1C(C)C. The van der Waals surface area contributed by atoms with Gasteiger partial charge in [0.05, 0.1) is 0 Å². The highest BCUT2D eigenvalue weighted by Gasteiger charge is 2.29. The van der Waals surface area contributed by atoms with Crippen LogP contribution in [0.1, 0.15) is 58.6 Å². The van der Waals surface area contributed by atoms with Crippen LogP contribution in [-0.2, 0) is 0 Å². The van der Waals surface area contributed by atoms with Crippen molar-refractivity contribution in [1.82, 2.24) is 5.32 Å². The van der Waals surface area contributed by atoms with Gasteiger partial charge in [-0.15, -0.1) is 0 Å². The zero-order valence-corrected chi connectivity index (χ0v) is 15.4. The third-order valence-corrected chi connectivity index (χ3v) is 5.03. The van der Waals surface area contributed by atoms with Gasteiger partial charge >= 0.3 is 0 Å². The fraction of sp³-hybridized carbons (Fsp3) is 0.667. The maximum absolute atomic E-state index is 3.64. The summed E-state index contributed by atoms with van der Waals surface area (Å²) in [5.74, 6) is 0.711. The Morgan fingerprint density at radius 3 is 2.76 bits per heavy atom. The lowest BCUT2D eigenvalue weighted by atomic mass is 9.99. The summed E-state index contributed by atoms with van der Waals surface area (Å²) in [5, 5.41) is 3.64. The molecule has 118 valence electrons. The molecular formula is C18H29BrN2. The average Bonchev–Trinajstić information content (AvgIpc) is 2.94. The summed E-state index contributed by atoms with van der Waals surface area (Å²) < 4.78 is 1.17. The van der Waals surface area contributed by atoms with Gasteiger partial charge in [-0.1, -0.05) is 36.7 Å². The van der Waals surface area contributed by atoms with Crippen LogP contribution in [-0.4, -0.2) is 19.1 Å². The maximum atomic E-state index is 3.64. The summed E-state index contributed by atoms with van der Waals surface area (Å²) >= 11 is 3.64. The summed E-state index contributed by atoms with van der Waals surface area (Å²) in [6.45, 7) is 11.5. The van der Waals surface area contributed by atoms with Crippen LogP contribution in [0.3, 0.4) is 0 Å². The Morgan fingerprint density at radius 1 is 1.33 bits per heavy atom. The lowest BCUT2D eigenvalue weighted by Gasteiger charge is -2.33. The van der Waals surface area contributed by atoms with E-state index in [9.17, 15) is 0 Å². The molecule has 1 aliphatic heterocycles. The van der Waals surface area contributed by atoms with Crippen molar-refractivity contribution in [3.05, 3.63) is 28.2 Å². The number of rotatable bonds is 6. The predicted molar refractivity (Wildman–Crippen MR) is 96.1 cm³/mol. The Morgan fingerprint density at radius 2 is 2.10 bits per heavy atom. The first-order valence-corrected chi connectivity index (χ1v) is 9.13. The number of hydrogen-bond donors (Lipinski definition) is 1. The number of nitrogens with one attached hydrogen (secondary N) is 1. The highest BCUT2D eigenvalue weighted by Crippen LogP contribution is 2.36. The lowest BCUT2D eigenvalue weighted by Crippen LogP contribution is -2.35. The van der Waals surface area contributed by atoms with E-state index >= 15 is 0 Å². The molecule has 0 aromatic heterocycles. The summed E-state index contributed by atoms with van der Waals surface area (Å²) in [4.78, 5) is 2.64. The van der Waals surface area contributed by atoms with Crippen molar-refractivity contribution in [2.75, 3.05) is 18.0 Å². The molecule has 0 radical (unpaired) electrons. The molecule has 0 spiro atoms. The molecule has 0 saturated carbocycles. The molecule has 2 unspecified atom stereocenters. The van der Waals surface area contributed by atoms with Gasteiger partial charge in [0.2, 0.25) is 0 Å². The van der Waals surface area contributed by atoms with Gasteiger partial charge in [0.25, 0.3) is 0 Å². The molecule has 1 fully saturated rings. The molecule has 2 atom stereocenters. The molecule has 1 aliphatic rings. The van der Waals surface area contributed by atoms with E-state index in [4.69, 9.17) is 0 Å². The highest BCUT2D eigenvalue weighted by molar-refractivity contribution is 9.10. The van der Waals surface area contributed by atoms with Crippen LogP contribution < -0.4 is 10.2 Å². The fourth-order valence-corrected chi connectivity index (χ4v) is 3.77. The first kappa shape index (κ1) is 16.8. The topological polar surface area (TPSA) is 15.3 Å². The van der Waals surface area contributed by atoms with E-state index in [-0.39, 0.29) is 0 Å². The minimum absolute atomic E-state index is 0.394. The third-order valence-electron chi connectivity index (χ3n) is 4.53. The summed E-state index contributed by atoms with van der Waals surface area (Å²) in [6.07, 6.45) is 3.81. The molecule has 1 aromatic rings. The second-order valence-corrected chi connectivity index (χ2v) is 7.44. The third kappa shape index (κ3) is 4.01. The minimum Gasteiger partial charge on any atom is -0.368 e. The largest absolute Gasteiger partial charge is 0.368 e. The first-order valence-electron chi connectivity index (χ1n) is 8.34. The lowest BCUT2D eigenvalue weighted by molar-refractivity contribution is 0.488. The van der Waals surface area contributed by atoms with Crippen LogP contribution >= 0.6 is 15.9 Å². The second-order valence-electron chi connectivity index (χ2n) is 6.53. The Hall–Kier alpha value is -0.540. The van der Waals surface area contributed by atoms with Gasteiger partial charge in [-0.25, -0.2) is 0 Å². The molecule has 1 heterocycles. The van der Waals surface area contributed by atoms with Crippen LogP contribution in [0.15, 0.2) is 22.7 Å². The molecule has 21 heavy (non-hydrogen) atoms. The van der Waals surface area contributed by atoms with E-state index in [1.54, 1.807) is 0 Å². The van der Waals surface area contributed by atoms with Crippen LogP contribution in [0.5, 0.6) is 0 Å². The summed E-state index contributed by atoms with van der Waals surface area (Å²) in [6, 6.07) is 7.85. The van der Waals surface area contributed by atoms with Crippen LogP contribution in [0.25, 0.3) is 0 Å². The van der Waals surface area contributed by atoms with Gasteiger partial charge in [0.15, 0.2) is 0 Å². The molecule has 2 nitrogen and oxygen atoms in total. The van der Waals surface area contributed by atoms with Crippen molar-refractivity contribution in [3.8, 4) is 0 Å². The van der Waals surface area contributed by atoms with Gasteiger partial charge in [0.1, 0.15) is 0 Å². The predicted octanol–water partition coefficient (Wildman–Crippen LogP) is 5.13. The van der Waals surface area contributed by atoms with Gasteiger partial charge in [-0.2, -0.15) is 0 Å². The van der Waals surface area contributed by atoms with Gasteiger partial charge in [0, 0.05) is 28.8 Å². The van der Waals surface area contributed by atoms with Crippen molar-refractivity contribution < 1.29 is 0 Å². The molecule has 1 N–H and O–H groups in total. The minimum atomic E-state index is 0.394. The second kappa shape index (κ2) is 7.64. The van der Waals surface area contributed by atoms with E-state index in [1.165, 1.54) is 41.5 Å². The first-order chi connectivity index (χ1) is 10.0. The Kier molecular flexibility index (Phi) is 6.12. The normalized spacial score (nSPS) is 20.3. The Balaban J connectivity index is 2.30. The smallest absolute Gasteiger partial charge is 0.0417 e. The average molecular weight is 353 g/mol. The molecule has 1 saturated heterocycles. The molecule has 0 amide bonds. The van der Waals surface area contributed by atoms with Crippen LogP contribution in [0.2, 0.25) is 0 Å².